The largest absolute Gasteiger partial charge is 0.419 e. The first-order valence-corrected chi connectivity index (χ1v) is 12.0. The highest BCUT2D eigenvalue weighted by molar-refractivity contribution is 7.70. The number of nitrogens with zero attached hydrogens (tertiary/aromatic N) is 2. The van der Waals surface area contributed by atoms with Gasteiger partial charge in [-0.2, -0.15) is 13.2 Å². The van der Waals surface area contributed by atoms with Crippen molar-refractivity contribution in [2.45, 2.75) is 32.0 Å². The van der Waals surface area contributed by atoms with Crippen LogP contribution in [0.4, 0.5) is 19.1 Å². The summed E-state index contributed by atoms with van der Waals surface area (Å²) in [6.07, 6.45) is -1.96. The average Bonchev–Trinajstić information content (AvgIpc) is 3.10. The number of benzene rings is 1. The molecule has 0 spiro atoms. The van der Waals surface area contributed by atoms with Crippen molar-refractivity contribution in [3.63, 3.8) is 0 Å². The fraction of sp³-hybridized carbons (Fsp3) is 0.400. The average molecular weight is 440 g/mol. The second kappa shape index (κ2) is 7.71. The molecular weight excluding hydrogens is 416 g/mol. The Morgan fingerprint density at radius 2 is 1.97 bits per heavy atom. The Morgan fingerprint density at radius 1 is 1.27 bits per heavy atom. The van der Waals surface area contributed by atoms with E-state index in [1.165, 1.54) is 6.20 Å². The van der Waals surface area contributed by atoms with Crippen LogP contribution in [0, 0.1) is 0 Å². The Hall–Kier alpha value is -2.38. The number of aliphatic hydroxyl groups excluding tert-OH is 1. The Kier molecular flexibility index (Phi) is 5.73. The molecule has 3 rings (SSSR count). The maximum atomic E-state index is 13.7. The molecule has 0 bridgehead atoms. The molecule has 0 aliphatic heterocycles. The first-order valence-electron chi connectivity index (χ1n) is 9.39. The van der Waals surface area contributed by atoms with Crippen LogP contribution in [0.5, 0.6) is 0 Å². The van der Waals surface area contributed by atoms with Gasteiger partial charge in [0.1, 0.15) is 12.7 Å². The topological polar surface area (TPSA) is 90.9 Å². The summed E-state index contributed by atoms with van der Waals surface area (Å²) in [5, 5.41) is 13.6. The molecule has 0 saturated heterocycles. The number of H-pyrrole nitrogens is 1. The van der Waals surface area contributed by atoms with Crippen LogP contribution >= 0.6 is 7.14 Å². The molecule has 1 atom stereocenters. The third kappa shape index (κ3) is 4.23. The molecule has 0 amide bonds. The van der Waals surface area contributed by atoms with Gasteiger partial charge >= 0.3 is 6.18 Å². The zero-order valence-corrected chi connectivity index (χ0v) is 18.0. The van der Waals surface area contributed by atoms with Gasteiger partial charge in [0.05, 0.1) is 23.4 Å². The lowest BCUT2D eigenvalue weighted by atomic mass is 10.0. The van der Waals surface area contributed by atoms with Crippen LogP contribution in [0.15, 0.2) is 30.6 Å². The Bertz CT molecular complexity index is 1120. The molecule has 0 aliphatic rings. The van der Waals surface area contributed by atoms with Gasteiger partial charge in [-0.3, -0.25) is 0 Å². The smallest absolute Gasteiger partial charge is 0.394 e. The lowest BCUT2D eigenvalue weighted by Gasteiger charge is -2.27. The van der Waals surface area contributed by atoms with Crippen molar-refractivity contribution in [2.75, 3.05) is 25.3 Å². The molecule has 0 aliphatic carbocycles. The molecule has 0 radical (unpaired) electrons. The second-order valence-corrected chi connectivity index (χ2v) is 11.1. The number of fused-ring (bicyclic) bond motifs is 1. The van der Waals surface area contributed by atoms with Gasteiger partial charge in [0.2, 0.25) is 5.95 Å². The van der Waals surface area contributed by atoms with Crippen molar-refractivity contribution in [1.29, 1.82) is 0 Å². The number of aromatic amines is 1. The van der Waals surface area contributed by atoms with Crippen LogP contribution in [0.2, 0.25) is 0 Å². The first-order chi connectivity index (χ1) is 13.9. The summed E-state index contributed by atoms with van der Waals surface area (Å²) in [6, 6.07) is 5.04. The summed E-state index contributed by atoms with van der Waals surface area (Å²) >= 11 is 0. The predicted molar refractivity (Wildman–Crippen MR) is 113 cm³/mol. The normalized spacial score (nSPS) is 14.7. The minimum Gasteiger partial charge on any atom is -0.394 e. The summed E-state index contributed by atoms with van der Waals surface area (Å²) in [4.78, 5) is 11.0. The van der Waals surface area contributed by atoms with E-state index >= 15 is 0 Å². The van der Waals surface area contributed by atoms with E-state index in [4.69, 9.17) is 0 Å². The molecule has 3 N–H and O–H groups in total. The summed E-state index contributed by atoms with van der Waals surface area (Å²) in [5.74, 6) is -0.0152. The van der Waals surface area contributed by atoms with Crippen LogP contribution in [0.1, 0.15) is 25.8 Å². The molecule has 3 aromatic rings. The lowest BCUT2D eigenvalue weighted by Crippen LogP contribution is -2.38. The van der Waals surface area contributed by atoms with Crippen molar-refractivity contribution in [3.05, 3.63) is 36.2 Å². The van der Waals surface area contributed by atoms with E-state index in [9.17, 15) is 22.8 Å². The van der Waals surface area contributed by atoms with E-state index in [1.807, 2.05) is 6.92 Å². The SMILES string of the molecule is CC[C@](C)(CO)Nc1ncc(C(F)(F)F)c(-c2c[nH]c3c(P(C)(C)=O)cccc23)n1. The third-order valence-electron chi connectivity index (χ3n) is 5.17. The van der Waals surface area contributed by atoms with Crippen molar-refractivity contribution < 1.29 is 22.8 Å². The van der Waals surface area contributed by atoms with Crippen LogP contribution in [-0.4, -0.2) is 45.5 Å². The standard InChI is InChI=1S/C20H24F3N4O2P/c1-5-19(2,11-28)27-18-25-10-14(20(21,22)23)16(26-18)13-9-24-17-12(13)7-6-8-15(17)30(3,4)29/h6-10,24,28H,5,11H2,1-4H3,(H,25,26,27)/t19-/m1/s1. The van der Waals surface area contributed by atoms with Crippen molar-refractivity contribution >= 4 is 29.3 Å². The summed E-state index contributed by atoms with van der Waals surface area (Å²) in [6.45, 7) is 6.55. The highest BCUT2D eigenvalue weighted by Gasteiger charge is 2.36. The van der Waals surface area contributed by atoms with Gasteiger partial charge in [-0.1, -0.05) is 19.1 Å². The minimum atomic E-state index is -4.66. The zero-order chi connectivity index (χ0) is 22.3. The van der Waals surface area contributed by atoms with E-state index in [1.54, 1.807) is 38.5 Å². The molecule has 30 heavy (non-hydrogen) atoms. The molecule has 2 heterocycles. The molecule has 6 nitrogen and oxygen atoms in total. The molecular formula is C20H24F3N4O2P. The van der Waals surface area contributed by atoms with Crippen LogP contribution in [0.3, 0.4) is 0 Å². The fourth-order valence-corrected chi connectivity index (χ4v) is 4.32. The number of hydrogen-bond donors (Lipinski definition) is 3. The number of halogens is 3. The van der Waals surface area contributed by atoms with E-state index < -0.39 is 24.4 Å². The van der Waals surface area contributed by atoms with Gasteiger partial charge in [0.25, 0.3) is 0 Å². The summed E-state index contributed by atoms with van der Waals surface area (Å²) in [7, 11) is -2.66. The Balaban J connectivity index is 2.24. The number of aromatic nitrogens is 3. The lowest BCUT2D eigenvalue weighted by molar-refractivity contribution is -0.137. The minimum absolute atomic E-state index is 0.0152. The quantitative estimate of drug-likeness (QED) is 0.492. The van der Waals surface area contributed by atoms with Gasteiger partial charge < -0.3 is 20.0 Å². The molecule has 10 heteroatoms. The highest BCUT2D eigenvalue weighted by Crippen LogP contribution is 2.41. The Labute approximate surface area is 172 Å². The predicted octanol–water partition coefficient (Wildman–Crippen LogP) is 4.46. The van der Waals surface area contributed by atoms with E-state index in [0.29, 0.717) is 22.6 Å². The maximum absolute atomic E-state index is 13.7. The van der Waals surface area contributed by atoms with Crippen LogP contribution in [-0.2, 0) is 10.7 Å². The number of anilines is 1. The number of nitrogens with one attached hydrogen (secondary N) is 2. The van der Waals surface area contributed by atoms with Gasteiger partial charge in [0.15, 0.2) is 0 Å². The number of alkyl halides is 3. The van der Waals surface area contributed by atoms with Gasteiger partial charge in [-0.25, -0.2) is 9.97 Å². The summed E-state index contributed by atoms with van der Waals surface area (Å²) in [5.41, 5.74) is -1.28. The molecule has 1 aromatic carbocycles. The summed E-state index contributed by atoms with van der Waals surface area (Å²) < 4.78 is 53.8. The third-order valence-corrected chi connectivity index (χ3v) is 6.70. The number of hydrogen-bond acceptors (Lipinski definition) is 5. The Morgan fingerprint density at radius 3 is 2.53 bits per heavy atom. The fourth-order valence-electron chi connectivity index (χ4n) is 3.15. The second-order valence-electron chi connectivity index (χ2n) is 7.90. The van der Waals surface area contributed by atoms with Crippen LogP contribution < -0.4 is 10.6 Å². The number of aliphatic hydroxyl groups is 1. The number of para-hydroxylation sites is 1. The zero-order valence-electron chi connectivity index (χ0n) is 17.1. The highest BCUT2D eigenvalue weighted by atomic mass is 31.2. The molecule has 0 saturated carbocycles. The van der Waals surface area contributed by atoms with E-state index in [0.717, 1.165) is 6.20 Å². The van der Waals surface area contributed by atoms with Crippen molar-refractivity contribution in [1.82, 2.24) is 15.0 Å². The monoisotopic (exact) mass is 440 g/mol. The molecule has 0 fully saturated rings. The van der Waals surface area contributed by atoms with E-state index in [-0.39, 0.29) is 23.8 Å². The molecule has 0 unspecified atom stereocenters. The van der Waals surface area contributed by atoms with Crippen molar-refractivity contribution in [2.24, 2.45) is 0 Å². The first kappa shape index (κ1) is 22.3. The van der Waals surface area contributed by atoms with Crippen LogP contribution in [0.25, 0.3) is 22.2 Å². The van der Waals surface area contributed by atoms with Crippen molar-refractivity contribution in [3.8, 4) is 11.3 Å². The van der Waals surface area contributed by atoms with E-state index in [2.05, 4.69) is 20.3 Å². The maximum Gasteiger partial charge on any atom is 0.419 e. The molecule has 162 valence electrons. The van der Waals surface area contributed by atoms with Gasteiger partial charge in [0, 0.05) is 28.6 Å². The molecule has 2 aromatic heterocycles. The van der Waals surface area contributed by atoms with Gasteiger partial charge in [-0.15, -0.1) is 0 Å². The number of rotatable bonds is 6. The van der Waals surface area contributed by atoms with Gasteiger partial charge in [-0.05, 0) is 32.7 Å².